The largest absolute Gasteiger partial charge is 0.341 e. The Morgan fingerprint density at radius 1 is 1.00 bits per heavy atom. The zero-order valence-electron chi connectivity index (χ0n) is 17.1. The molecule has 8 nitrogen and oxygen atoms in total. The molecule has 0 unspecified atom stereocenters. The number of nitrogens with one attached hydrogen (secondary N) is 1. The zero-order chi connectivity index (χ0) is 21.4. The lowest BCUT2D eigenvalue weighted by molar-refractivity contribution is 0.0755. The number of imidazole rings is 1. The molecular formula is C22H22ClN7O. The highest BCUT2D eigenvalue weighted by atomic mass is 35.5. The maximum Gasteiger partial charge on any atom is 0.293 e. The van der Waals surface area contributed by atoms with Crippen LogP contribution in [-0.4, -0.2) is 61.7 Å². The molecule has 9 heteroatoms. The van der Waals surface area contributed by atoms with E-state index < -0.39 is 0 Å². The fraction of sp³-hybridized carbons (Fsp3) is 0.273. The molecule has 1 saturated heterocycles. The number of halogens is 1. The second kappa shape index (κ2) is 8.03. The van der Waals surface area contributed by atoms with Gasteiger partial charge >= 0.3 is 0 Å². The third-order valence-electron chi connectivity index (χ3n) is 5.50. The molecule has 0 atom stereocenters. The van der Waals surface area contributed by atoms with E-state index in [4.69, 9.17) is 11.6 Å². The van der Waals surface area contributed by atoms with Crippen LogP contribution in [0.15, 0.2) is 48.5 Å². The zero-order valence-corrected chi connectivity index (χ0v) is 17.9. The molecule has 0 aliphatic carbocycles. The van der Waals surface area contributed by atoms with Crippen LogP contribution in [-0.2, 0) is 0 Å². The van der Waals surface area contributed by atoms with Gasteiger partial charge in [-0.05, 0) is 37.6 Å². The van der Waals surface area contributed by atoms with Crippen molar-refractivity contribution in [1.82, 2.24) is 29.6 Å². The molecule has 1 aliphatic rings. The molecule has 158 valence electrons. The maximum atomic E-state index is 13.1. The summed E-state index contributed by atoms with van der Waals surface area (Å²) in [5.41, 5.74) is 2.67. The van der Waals surface area contributed by atoms with E-state index >= 15 is 0 Å². The van der Waals surface area contributed by atoms with E-state index in [0.29, 0.717) is 36.2 Å². The van der Waals surface area contributed by atoms with Crippen LogP contribution < -0.4 is 4.90 Å². The van der Waals surface area contributed by atoms with Crippen molar-refractivity contribution in [2.45, 2.75) is 13.3 Å². The lowest BCUT2D eigenvalue weighted by Crippen LogP contribution is -2.36. The van der Waals surface area contributed by atoms with Gasteiger partial charge in [-0.2, -0.15) is 0 Å². The third kappa shape index (κ3) is 3.74. The Kier molecular flexibility index (Phi) is 5.07. The number of amides is 1. The van der Waals surface area contributed by atoms with Crippen molar-refractivity contribution >= 4 is 34.5 Å². The van der Waals surface area contributed by atoms with Crippen molar-refractivity contribution in [2.24, 2.45) is 0 Å². The number of aryl methyl sites for hydroxylation is 1. The maximum absolute atomic E-state index is 13.1. The summed E-state index contributed by atoms with van der Waals surface area (Å²) < 4.78 is 1.62. The second-order valence-corrected chi connectivity index (χ2v) is 7.96. The molecule has 1 amide bonds. The number of rotatable bonds is 3. The van der Waals surface area contributed by atoms with E-state index in [1.807, 2.05) is 54.3 Å². The van der Waals surface area contributed by atoms with Crippen molar-refractivity contribution in [3.8, 4) is 5.69 Å². The number of H-pyrrole nitrogens is 1. The number of hydrogen-bond acceptors (Lipinski definition) is 5. The summed E-state index contributed by atoms with van der Waals surface area (Å²) in [4.78, 5) is 29.6. The molecule has 0 radical (unpaired) electrons. The van der Waals surface area contributed by atoms with Crippen LogP contribution in [0.2, 0.25) is 5.02 Å². The number of aromatic amines is 1. The van der Waals surface area contributed by atoms with Crippen molar-refractivity contribution in [2.75, 3.05) is 31.1 Å². The smallest absolute Gasteiger partial charge is 0.293 e. The Balaban J connectivity index is 1.33. The summed E-state index contributed by atoms with van der Waals surface area (Å²) >= 11 is 6.30. The first-order valence-corrected chi connectivity index (χ1v) is 10.7. The van der Waals surface area contributed by atoms with E-state index in [-0.39, 0.29) is 11.7 Å². The Morgan fingerprint density at radius 3 is 2.65 bits per heavy atom. The number of fused-ring (bicyclic) bond motifs is 1. The van der Waals surface area contributed by atoms with Gasteiger partial charge in [0.1, 0.15) is 5.82 Å². The predicted molar refractivity (Wildman–Crippen MR) is 120 cm³/mol. The molecule has 1 N–H and O–H groups in total. The fourth-order valence-corrected chi connectivity index (χ4v) is 4.11. The van der Waals surface area contributed by atoms with Gasteiger partial charge in [0.15, 0.2) is 0 Å². The topological polar surface area (TPSA) is 82.9 Å². The molecule has 2 aromatic carbocycles. The van der Waals surface area contributed by atoms with Gasteiger partial charge in [0.2, 0.25) is 11.8 Å². The van der Waals surface area contributed by atoms with Gasteiger partial charge in [-0.1, -0.05) is 35.9 Å². The first-order valence-electron chi connectivity index (χ1n) is 10.3. The summed E-state index contributed by atoms with van der Waals surface area (Å²) in [5, 5.41) is 5.01. The average molecular weight is 436 g/mol. The second-order valence-electron chi connectivity index (χ2n) is 7.56. The Labute approximate surface area is 184 Å². The molecular weight excluding hydrogens is 414 g/mol. The van der Waals surface area contributed by atoms with E-state index in [1.54, 1.807) is 10.7 Å². The summed E-state index contributed by atoms with van der Waals surface area (Å²) in [6, 6.07) is 15.4. The number of carbonyl (C=O) groups excluding carboxylic acids is 1. The molecule has 0 saturated carbocycles. The first-order chi connectivity index (χ1) is 15.1. The molecule has 4 aromatic rings. The van der Waals surface area contributed by atoms with Gasteiger partial charge in [0.05, 0.1) is 21.7 Å². The van der Waals surface area contributed by atoms with E-state index in [9.17, 15) is 4.79 Å². The number of para-hydroxylation sites is 3. The monoisotopic (exact) mass is 435 g/mol. The van der Waals surface area contributed by atoms with Crippen molar-refractivity contribution < 1.29 is 4.79 Å². The highest BCUT2D eigenvalue weighted by molar-refractivity contribution is 6.32. The number of carbonyl (C=O) groups is 1. The van der Waals surface area contributed by atoms with Crippen molar-refractivity contribution in [1.29, 1.82) is 0 Å². The minimum absolute atomic E-state index is 0.166. The van der Waals surface area contributed by atoms with Gasteiger partial charge in [-0.25, -0.2) is 14.6 Å². The van der Waals surface area contributed by atoms with Gasteiger partial charge in [0.25, 0.3) is 5.91 Å². The summed E-state index contributed by atoms with van der Waals surface area (Å²) in [7, 11) is 0. The SMILES string of the molecule is Cc1nc(C(=O)N2CCCN(c3nc4ccccc4[nH]3)CC2)nn1-c1ccccc1Cl. The standard InChI is InChI=1S/C22H22ClN7O/c1-15-24-20(27-30(15)19-10-5-2-7-16(19)23)21(31)28-11-6-12-29(14-13-28)22-25-17-8-3-4-9-18(17)26-22/h2-5,7-10H,6,11-14H2,1H3,(H,25,26). The van der Waals surface area contributed by atoms with Crippen molar-refractivity contribution in [3.63, 3.8) is 0 Å². The van der Waals surface area contributed by atoms with Crippen LogP contribution in [0.25, 0.3) is 16.7 Å². The van der Waals surface area contributed by atoms with Gasteiger partial charge in [-0.3, -0.25) is 4.79 Å². The van der Waals surface area contributed by atoms with E-state index in [2.05, 4.69) is 25.0 Å². The molecule has 2 aromatic heterocycles. The molecule has 1 aliphatic heterocycles. The molecule has 5 rings (SSSR count). The summed E-state index contributed by atoms with van der Waals surface area (Å²) in [6.07, 6.45) is 0.840. The normalized spacial score (nSPS) is 14.8. The van der Waals surface area contributed by atoms with Crippen LogP contribution in [0.3, 0.4) is 0 Å². The minimum atomic E-state index is -0.166. The highest BCUT2D eigenvalue weighted by Crippen LogP contribution is 2.21. The van der Waals surface area contributed by atoms with Crippen LogP contribution in [0.4, 0.5) is 5.95 Å². The third-order valence-corrected chi connectivity index (χ3v) is 5.82. The lowest BCUT2D eigenvalue weighted by Gasteiger charge is -2.20. The van der Waals surface area contributed by atoms with E-state index in [1.165, 1.54) is 0 Å². The number of hydrogen-bond donors (Lipinski definition) is 1. The molecule has 0 bridgehead atoms. The lowest BCUT2D eigenvalue weighted by atomic mass is 10.3. The number of nitrogens with zero attached hydrogens (tertiary/aromatic N) is 6. The Morgan fingerprint density at radius 2 is 1.81 bits per heavy atom. The quantitative estimate of drug-likeness (QED) is 0.533. The molecule has 31 heavy (non-hydrogen) atoms. The van der Waals surface area contributed by atoms with Crippen LogP contribution in [0.5, 0.6) is 0 Å². The molecule has 3 heterocycles. The Hall–Kier alpha value is -3.39. The minimum Gasteiger partial charge on any atom is -0.341 e. The average Bonchev–Trinajstić information content (AvgIpc) is 3.29. The fourth-order valence-electron chi connectivity index (χ4n) is 3.90. The van der Waals surface area contributed by atoms with E-state index in [0.717, 1.165) is 29.9 Å². The highest BCUT2D eigenvalue weighted by Gasteiger charge is 2.25. The first kappa shape index (κ1) is 19.6. The predicted octanol–water partition coefficient (Wildman–Crippen LogP) is 3.46. The number of benzene rings is 2. The molecule has 0 spiro atoms. The van der Waals surface area contributed by atoms with Gasteiger partial charge in [0, 0.05) is 26.2 Å². The van der Waals surface area contributed by atoms with Crippen LogP contribution in [0, 0.1) is 6.92 Å². The molecule has 1 fully saturated rings. The van der Waals surface area contributed by atoms with Gasteiger partial charge in [-0.15, -0.1) is 5.10 Å². The van der Waals surface area contributed by atoms with Crippen LogP contribution >= 0.6 is 11.6 Å². The number of aromatic nitrogens is 5. The van der Waals surface area contributed by atoms with Crippen molar-refractivity contribution in [3.05, 3.63) is 65.2 Å². The summed E-state index contributed by atoms with van der Waals surface area (Å²) in [5.74, 6) is 1.48. The summed E-state index contributed by atoms with van der Waals surface area (Å²) in [6.45, 7) is 4.56. The van der Waals surface area contributed by atoms with Crippen LogP contribution in [0.1, 0.15) is 22.9 Å². The number of anilines is 1. The Bertz CT molecular complexity index is 1210. The van der Waals surface area contributed by atoms with Gasteiger partial charge < -0.3 is 14.8 Å².